The largest absolute Gasteiger partial charge is 0.381 e. The molecule has 1 aromatic carbocycles. The van der Waals surface area contributed by atoms with Gasteiger partial charge in [0.05, 0.1) is 13.2 Å². The second-order valence-corrected chi connectivity index (χ2v) is 8.61. The Kier molecular flexibility index (Phi) is 11.4. The molecular weight excluding hydrogens is 513 g/mol. The third-order valence-corrected chi connectivity index (χ3v) is 5.53. The monoisotopic (exact) mass is 541 g/mol. The summed E-state index contributed by atoms with van der Waals surface area (Å²) in [6, 6.07) is 8.46. The first-order valence-corrected chi connectivity index (χ1v) is 10.2. The quantitative estimate of drug-likeness (QED) is 0.239. The van der Waals surface area contributed by atoms with E-state index in [9.17, 15) is 0 Å². The smallest absolute Gasteiger partial charge is 0.193 e. The lowest BCUT2D eigenvalue weighted by atomic mass is 10.1. The number of ether oxygens (including phenoxy) is 1. The summed E-state index contributed by atoms with van der Waals surface area (Å²) in [6.45, 7) is 8.80. The van der Waals surface area contributed by atoms with Gasteiger partial charge >= 0.3 is 0 Å². The lowest BCUT2D eigenvalue weighted by Gasteiger charge is -2.25. The number of guanidine groups is 1. The number of hydrogen-bond acceptors (Lipinski definition) is 3. The molecule has 7 heteroatoms. The van der Waals surface area contributed by atoms with Gasteiger partial charge in [-0.3, -0.25) is 4.99 Å². The van der Waals surface area contributed by atoms with Gasteiger partial charge in [0, 0.05) is 47.3 Å². The first-order valence-electron chi connectivity index (χ1n) is 8.58. The molecule has 142 valence electrons. The van der Waals surface area contributed by atoms with Crippen LogP contribution in [0, 0.1) is 5.92 Å². The lowest BCUT2D eigenvalue weighted by Crippen LogP contribution is -2.41. The van der Waals surface area contributed by atoms with Crippen molar-refractivity contribution < 1.29 is 4.74 Å². The summed E-state index contributed by atoms with van der Waals surface area (Å²) in [5, 5.41) is 3.84. The Balaban J connectivity index is 0.00000312. The van der Waals surface area contributed by atoms with Crippen molar-refractivity contribution >= 4 is 57.6 Å². The van der Waals surface area contributed by atoms with E-state index in [2.05, 4.69) is 71.3 Å². The Morgan fingerprint density at radius 3 is 2.76 bits per heavy atom. The number of rotatable bonds is 7. The van der Waals surface area contributed by atoms with E-state index in [-0.39, 0.29) is 24.0 Å². The molecule has 1 aliphatic heterocycles. The second-order valence-electron chi connectivity index (χ2n) is 6.19. The van der Waals surface area contributed by atoms with Gasteiger partial charge < -0.3 is 15.0 Å². The van der Waals surface area contributed by atoms with Crippen LogP contribution in [0.1, 0.15) is 20.3 Å². The number of nitrogens with zero attached hydrogens (tertiary/aromatic N) is 2. The highest BCUT2D eigenvalue weighted by atomic mass is 127. The summed E-state index contributed by atoms with van der Waals surface area (Å²) in [6.07, 6.45) is 1.15. The van der Waals surface area contributed by atoms with Gasteiger partial charge in [0.2, 0.25) is 0 Å². The van der Waals surface area contributed by atoms with Gasteiger partial charge in [-0.05, 0) is 37.6 Å². The number of nitrogens with one attached hydrogen (secondary N) is 1. The number of halogens is 2. The summed E-state index contributed by atoms with van der Waals surface area (Å²) in [7, 11) is 2.12. The zero-order valence-corrected chi connectivity index (χ0v) is 19.9. The van der Waals surface area contributed by atoms with Crippen molar-refractivity contribution in [2.75, 3.05) is 39.9 Å². The van der Waals surface area contributed by atoms with Crippen LogP contribution < -0.4 is 5.32 Å². The van der Waals surface area contributed by atoms with Gasteiger partial charge in [-0.15, -0.1) is 35.7 Å². The standard InChI is InChI=1S/C18H28BrN3OS.HI/c1-4-20-18(22(3)12-15-9-10-23-13-15)21-11-14(2)24-17-7-5-16(19)6-8-17;/h5-8,14-15H,4,9-13H2,1-3H3,(H,20,21);1H. The molecule has 1 aliphatic rings. The first kappa shape index (κ1) is 23.0. The average Bonchev–Trinajstić information content (AvgIpc) is 3.06. The zero-order chi connectivity index (χ0) is 17.4. The van der Waals surface area contributed by atoms with Gasteiger partial charge in [-0.1, -0.05) is 22.9 Å². The van der Waals surface area contributed by atoms with Crippen LogP contribution in [0.2, 0.25) is 0 Å². The number of aliphatic imine (C=N–C) groups is 1. The molecule has 1 fully saturated rings. The van der Waals surface area contributed by atoms with Crippen LogP contribution in [-0.2, 0) is 4.74 Å². The molecule has 0 spiro atoms. The highest BCUT2D eigenvalue weighted by Gasteiger charge is 2.19. The molecule has 25 heavy (non-hydrogen) atoms. The summed E-state index contributed by atoms with van der Waals surface area (Å²) >= 11 is 5.34. The molecule has 0 aromatic heterocycles. The Bertz CT molecular complexity index is 524. The van der Waals surface area contributed by atoms with E-state index in [1.54, 1.807) is 0 Å². The van der Waals surface area contributed by atoms with Crippen molar-refractivity contribution in [3.63, 3.8) is 0 Å². The van der Waals surface area contributed by atoms with E-state index < -0.39 is 0 Å². The maximum absolute atomic E-state index is 5.48. The van der Waals surface area contributed by atoms with E-state index >= 15 is 0 Å². The fourth-order valence-corrected chi connectivity index (χ4v) is 3.84. The molecule has 2 unspecified atom stereocenters. The highest BCUT2D eigenvalue weighted by molar-refractivity contribution is 14.0. The molecule has 0 saturated carbocycles. The van der Waals surface area contributed by atoms with Crippen LogP contribution in [0.25, 0.3) is 0 Å². The van der Waals surface area contributed by atoms with Crippen molar-refractivity contribution in [3.05, 3.63) is 28.7 Å². The molecule has 2 rings (SSSR count). The zero-order valence-electron chi connectivity index (χ0n) is 15.2. The van der Waals surface area contributed by atoms with Crippen LogP contribution in [0.3, 0.4) is 0 Å². The van der Waals surface area contributed by atoms with Gasteiger partial charge in [0.15, 0.2) is 5.96 Å². The minimum absolute atomic E-state index is 0. The second kappa shape index (κ2) is 12.4. The summed E-state index contributed by atoms with van der Waals surface area (Å²) in [4.78, 5) is 8.35. The molecule has 0 aliphatic carbocycles. The first-order chi connectivity index (χ1) is 11.6. The van der Waals surface area contributed by atoms with E-state index in [0.717, 1.165) is 49.7 Å². The molecule has 0 amide bonds. The molecule has 1 heterocycles. The Morgan fingerprint density at radius 1 is 1.44 bits per heavy atom. The average molecular weight is 542 g/mol. The van der Waals surface area contributed by atoms with E-state index in [1.165, 1.54) is 4.90 Å². The topological polar surface area (TPSA) is 36.9 Å². The predicted octanol–water partition coefficient (Wildman–Crippen LogP) is 4.48. The van der Waals surface area contributed by atoms with E-state index in [0.29, 0.717) is 11.2 Å². The van der Waals surface area contributed by atoms with Crippen LogP contribution in [0.4, 0.5) is 0 Å². The van der Waals surface area contributed by atoms with Crippen molar-refractivity contribution in [3.8, 4) is 0 Å². The molecule has 4 nitrogen and oxygen atoms in total. The van der Waals surface area contributed by atoms with Gasteiger partial charge in [-0.2, -0.15) is 0 Å². The van der Waals surface area contributed by atoms with Crippen LogP contribution in [0.15, 0.2) is 38.6 Å². The minimum atomic E-state index is 0. The molecular formula is C18H29BrIN3OS. The summed E-state index contributed by atoms with van der Waals surface area (Å²) < 4.78 is 6.59. The third kappa shape index (κ3) is 8.49. The number of hydrogen-bond donors (Lipinski definition) is 1. The van der Waals surface area contributed by atoms with E-state index in [4.69, 9.17) is 9.73 Å². The van der Waals surface area contributed by atoms with Gasteiger partial charge in [-0.25, -0.2) is 0 Å². The van der Waals surface area contributed by atoms with Gasteiger partial charge in [0.1, 0.15) is 0 Å². The highest BCUT2D eigenvalue weighted by Crippen LogP contribution is 2.25. The van der Waals surface area contributed by atoms with Crippen molar-refractivity contribution in [2.45, 2.75) is 30.4 Å². The van der Waals surface area contributed by atoms with Crippen molar-refractivity contribution in [1.82, 2.24) is 10.2 Å². The number of benzene rings is 1. The predicted molar refractivity (Wildman–Crippen MR) is 122 cm³/mol. The molecule has 1 saturated heterocycles. The summed E-state index contributed by atoms with van der Waals surface area (Å²) in [5.74, 6) is 1.61. The molecule has 0 bridgehead atoms. The maximum atomic E-state index is 5.48. The SMILES string of the molecule is CCNC(=NCC(C)Sc1ccc(Br)cc1)N(C)CC1CCOC1.I. The molecule has 2 atom stereocenters. The van der Waals surface area contributed by atoms with Crippen LogP contribution in [0.5, 0.6) is 0 Å². The van der Waals surface area contributed by atoms with Crippen molar-refractivity contribution in [2.24, 2.45) is 10.9 Å². The van der Waals surface area contributed by atoms with Crippen molar-refractivity contribution in [1.29, 1.82) is 0 Å². The van der Waals surface area contributed by atoms with Crippen LogP contribution in [-0.4, -0.2) is 56.0 Å². The molecule has 1 aromatic rings. The third-order valence-electron chi connectivity index (χ3n) is 3.90. The Labute approximate surface area is 181 Å². The minimum Gasteiger partial charge on any atom is -0.381 e. The lowest BCUT2D eigenvalue weighted by molar-refractivity contribution is 0.181. The Morgan fingerprint density at radius 2 is 2.16 bits per heavy atom. The van der Waals surface area contributed by atoms with E-state index in [1.807, 2.05) is 11.8 Å². The normalized spacial score (nSPS) is 18.6. The molecule has 1 N–H and O–H groups in total. The van der Waals surface area contributed by atoms with Gasteiger partial charge in [0.25, 0.3) is 0 Å². The maximum Gasteiger partial charge on any atom is 0.193 e. The molecule has 0 radical (unpaired) electrons. The van der Waals surface area contributed by atoms with Crippen LogP contribution >= 0.6 is 51.7 Å². The number of thioether (sulfide) groups is 1. The fraction of sp³-hybridized carbons (Fsp3) is 0.611. The summed E-state index contributed by atoms with van der Waals surface area (Å²) in [5.41, 5.74) is 0. The Hall–Kier alpha value is 0.01000. The fourth-order valence-electron chi connectivity index (χ4n) is 2.67.